The van der Waals surface area contributed by atoms with Crippen molar-refractivity contribution in [2.75, 3.05) is 5.32 Å². The van der Waals surface area contributed by atoms with Crippen LogP contribution in [0.3, 0.4) is 0 Å². The van der Waals surface area contributed by atoms with Gasteiger partial charge in [-0.25, -0.2) is 9.18 Å². The maximum absolute atomic E-state index is 13.1. The van der Waals surface area contributed by atoms with Crippen LogP contribution < -0.4 is 5.32 Å². The second-order valence-corrected chi connectivity index (χ2v) is 3.36. The van der Waals surface area contributed by atoms with Crippen molar-refractivity contribution in [2.24, 2.45) is 0 Å². The Morgan fingerprint density at radius 2 is 1.88 bits per heavy atom. The van der Waals surface area contributed by atoms with Crippen molar-refractivity contribution in [1.29, 1.82) is 0 Å². The lowest BCUT2D eigenvalue weighted by Gasteiger charge is -2.07. The Kier molecular flexibility index (Phi) is 3.00. The number of benzene rings is 1. The van der Waals surface area contributed by atoms with Crippen LogP contribution in [0.15, 0.2) is 42.7 Å². The molecule has 2 aromatic rings. The standard InChI is InChI=1S/C12H9FN2O2/c13-11-2-1-9(7-10(11)12(16)17)15-8-3-5-14-6-4-8/h1-7H,(H,14,15)(H,16,17). The number of halogens is 1. The number of nitrogens with one attached hydrogen (secondary N) is 1. The molecule has 0 unspecified atom stereocenters. The summed E-state index contributed by atoms with van der Waals surface area (Å²) >= 11 is 0. The summed E-state index contributed by atoms with van der Waals surface area (Å²) in [5.74, 6) is -2.04. The largest absolute Gasteiger partial charge is 0.478 e. The van der Waals surface area contributed by atoms with E-state index in [0.29, 0.717) is 5.69 Å². The molecule has 5 heteroatoms. The van der Waals surface area contributed by atoms with Gasteiger partial charge in [0.05, 0.1) is 5.56 Å². The Morgan fingerprint density at radius 3 is 2.53 bits per heavy atom. The molecule has 0 aliphatic carbocycles. The highest BCUT2D eigenvalue weighted by atomic mass is 19.1. The summed E-state index contributed by atoms with van der Waals surface area (Å²) in [6.07, 6.45) is 3.20. The monoisotopic (exact) mass is 232 g/mol. The number of carboxylic acids is 1. The molecule has 1 heterocycles. The van der Waals surface area contributed by atoms with Crippen LogP contribution in [0.5, 0.6) is 0 Å². The maximum Gasteiger partial charge on any atom is 0.338 e. The summed E-state index contributed by atoms with van der Waals surface area (Å²) in [7, 11) is 0. The van der Waals surface area contributed by atoms with Crippen LogP contribution in [0, 0.1) is 5.82 Å². The Hall–Kier alpha value is -2.43. The fraction of sp³-hybridized carbons (Fsp3) is 0. The topological polar surface area (TPSA) is 62.2 Å². The molecule has 1 aromatic heterocycles. The lowest BCUT2D eigenvalue weighted by molar-refractivity contribution is 0.0692. The summed E-state index contributed by atoms with van der Waals surface area (Å²) in [4.78, 5) is 14.6. The minimum atomic E-state index is -1.29. The zero-order valence-electron chi connectivity index (χ0n) is 8.72. The van der Waals surface area contributed by atoms with Crippen molar-refractivity contribution in [1.82, 2.24) is 4.98 Å². The van der Waals surface area contributed by atoms with E-state index in [4.69, 9.17) is 5.11 Å². The number of anilines is 2. The highest BCUT2D eigenvalue weighted by Gasteiger charge is 2.10. The number of pyridine rings is 1. The quantitative estimate of drug-likeness (QED) is 0.853. The van der Waals surface area contributed by atoms with Gasteiger partial charge in [0.1, 0.15) is 5.82 Å². The van der Waals surface area contributed by atoms with Gasteiger partial charge in [0, 0.05) is 23.8 Å². The first kappa shape index (κ1) is 11.1. The van der Waals surface area contributed by atoms with Crippen LogP contribution in [0.25, 0.3) is 0 Å². The highest BCUT2D eigenvalue weighted by molar-refractivity contribution is 5.89. The summed E-state index contributed by atoms with van der Waals surface area (Å²) < 4.78 is 13.1. The lowest BCUT2D eigenvalue weighted by Crippen LogP contribution is -2.01. The summed E-state index contributed by atoms with van der Waals surface area (Å²) in [6.45, 7) is 0. The second-order valence-electron chi connectivity index (χ2n) is 3.36. The molecule has 0 radical (unpaired) electrons. The normalized spacial score (nSPS) is 9.94. The van der Waals surface area contributed by atoms with Crippen LogP contribution >= 0.6 is 0 Å². The van der Waals surface area contributed by atoms with Gasteiger partial charge in [-0.2, -0.15) is 0 Å². The molecular weight excluding hydrogens is 223 g/mol. The number of aromatic carboxylic acids is 1. The zero-order chi connectivity index (χ0) is 12.3. The van der Waals surface area contributed by atoms with Crippen LogP contribution in [-0.4, -0.2) is 16.1 Å². The van der Waals surface area contributed by atoms with E-state index in [2.05, 4.69) is 10.3 Å². The summed E-state index contributed by atoms with van der Waals surface area (Å²) in [6, 6.07) is 7.29. The molecule has 86 valence electrons. The van der Waals surface area contributed by atoms with Gasteiger partial charge in [-0.15, -0.1) is 0 Å². The average molecular weight is 232 g/mol. The number of rotatable bonds is 3. The molecule has 0 aliphatic rings. The fourth-order valence-electron chi connectivity index (χ4n) is 1.37. The molecule has 4 nitrogen and oxygen atoms in total. The molecule has 0 spiro atoms. The van der Waals surface area contributed by atoms with E-state index in [-0.39, 0.29) is 5.56 Å². The van der Waals surface area contributed by atoms with Crippen molar-refractivity contribution in [3.8, 4) is 0 Å². The van der Waals surface area contributed by atoms with Gasteiger partial charge in [-0.05, 0) is 30.3 Å². The second kappa shape index (κ2) is 4.61. The van der Waals surface area contributed by atoms with E-state index < -0.39 is 11.8 Å². The van der Waals surface area contributed by atoms with Crippen LogP contribution in [0.2, 0.25) is 0 Å². The minimum Gasteiger partial charge on any atom is -0.478 e. The smallest absolute Gasteiger partial charge is 0.338 e. The Balaban J connectivity index is 2.29. The third kappa shape index (κ3) is 2.57. The Morgan fingerprint density at radius 1 is 1.18 bits per heavy atom. The van der Waals surface area contributed by atoms with Gasteiger partial charge < -0.3 is 10.4 Å². The summed E-state index contributed by atoms with van der Waals surface area (Å²) in [5, 5.41) is 11.7. The van der Waals surface area contributed by atoms with Gasteiger partial charge in [0.25, 0.3) is 0 Å². The van der Waals surface area contributed by atoms with Gasteiger partial charge in [0.15, 0.2) is 0 Å². The van der Waals surface area contributed by atoms with Crippen LogP contribution in [0.1, 0.15) is 10.4 Å². The van der Waals surface area contributed by atoms with Gasteiger partial charge in [-0.1, -0.05) is 0 Å². The molecule has 0 atom stereocenters. The van der Waals surface area contributed by atoms with Crippen molar-refractivity contribution in [2.45, 2.75) is 0 Å². The minimum absolute atomic E-state index is 0.357. The number of hydrogen-bond acceptors (Lipinski definition) is 3. The number of carboxylic acid groups (broad SMARTS) is 1. The van der Waals surface area contributed by atoms with E-state index in [9.17, 15) is 9.18 Å². The van der Waals surface area contributed by atoms with Crippen LogP contribution in [0.4, 0.5) is 15.8 Å². The predicted molar refractivity (Wildman–Crippen MR) is 60.9 cm³/mol. The molecule has 0 fully saturated rings. The average Bonchev–Trinajstić information content (AvgIpc) is 2.32. The molecule has 17 heavy (non-hydrogen) atoms. The van der Waals surface area contributed by atoms with Crippen molar-refractivity contribution in [3.05, 3.63) is 54.1 Å². The predicted octanol–water partition coefficient (Wildman–Crippen LogP) is 2.66. The van der Waals surface area contributed by atoms with Crippen LogP contribution in [-0.2, 0) is 0 Å². The number of aromatic nitrogens is 1. The molecule has 2 N–H and O–H groups in total. The van der Waals surface area contributed by atoms with Gasteiger partial charge in [-0.3, -0.25) is 4.98 Å². The summed E-state index contributed by atoms with van der Waals surface area (Å²) in [5.41, 5.74) is 0.905. The molecule has 1 aromatic carbocycles. The van der Waals surface area contributed by atoms with E-state index >= 15 is 0 Å². The Bertz CT molecular complexity index is 543. The van der Waals surface area contributed by atoms with Gasteiger partial charge >= 0.3 is 5.97 Å². The Labute approximate surface area is 96.7 Å². The highest BCUT2D eigenvalue weighted by Crippen LogP contribution is 2.19. The van der Waals surface area contributed by atoms with Crippen molar-refractivity contribution in [3.63, 3.8) is 0 Å². The molecule has 0 bridgehead atoms. The SMILES string of the molecule is O=C(O)c1cc(Nc2ccncc2)ccc1F. The fourth-order valence-corrected chi connectivity index (χ4v) is 1.37. The van der Waals surface area contributed by atoms with Crippen molar-refractivity contribution >= 4 is 17.3 Å². The molecule has 0 saturated carbocycles. The molecule has 0 aliphatic heterocycles. The van der Waals surface area contributed by atoms with Crippen molar-refractivity contribution < 1.29 is 14.3 Å². The molecule has 2 rings (SSSR count). The van der Waals surface area contributed by atoms with E-state index in [1.165, 1.54) is 12.1 Å². The first-order valence-electron chi connectivity index (χ1n) is 4.87. The first-order valence-corrected chi connectivity index (χ1v) is 4.87. The van der Waals surface area contributed by atoms with E-state index in [1.54, 1.807) is 24.5 Å². The lowest BCUT2D eigenvalue weighted by atomic mass is 10.2. The van der Waals surface area contributed by atoms with E-state index in [1.807, 2.05) is 0 Å². The third-order valence-corrected chi connectivity index (χ3v) is 2.17. The maximum atomic E-state index is 13.1. The number of carbonyl (C=O) groups is 1. The third-order valence-electron chi connectivity index (χ3n) is 2.17. The number of nitrogens with zero attached hydrogens (tertiary/aromatic N) is 1. The molecule has 0 amide bonds. The number of hydrogen-bond donors (Lipinski definition) is 2. The molecule has 0 saturated heterocycles. The molecular formula is C12H9FN2O2. The zero-order valence-corrected chi connectivity index (χ0v) is 8.72. The van der Waals surface area contributed by atoms with E-state index in [0.717, 1.165) is 11.8 Å². The first-order chi connectivity index (χ1) is 8.16. The van der Waals surface area contributed by atoms with Gasteiger partial charge in [0.2, 0.25) is 0 Å².